The van der Waals surface area contributed by atoms with Crippen molar-refractivity contribution < 1.29 is 9.67 Å². The lowest BCUT2D eigenvalue weighted by Gasteiger charge is -2.30. The van der Waals surface area contributed by atoms with Crippen molar-refractivity contribution in [3.8, 4) is 0 Å². The van der Waals surface area contributed by atoms with E-state index in [1.54, 1.807) is 0 Å². The average Bonchev–Trinajstić information content (AvgIpc) is 2.95. The van der Waals surface area contributed by atoms with Crippen molar-refractivity contribution in [1.82, 2.24) is 4.57 Å². The van der Waals surface area contributed by atoms with Gasteiger partial charge in [0.05, 0.1) is 12.1 Å². The molecule has 0 spiro atoms. The molecule has 1 aromatic heterocycles. The number of allylic oxidation sites excluding steroid dienone is 3. The van der Waals surface area contributed by atoms with Crippen molar-refractivity contribution in [3.05, 3.63) is 60.7 Å². The number of hydrogen-bond acceptors (Lipinski definition) is 1. The Morgan fingerprint density at radius 3 is 2.62 bits per heavy atom. The van der Waals surface area contributed by atoms with Crippen LogP contribution >= 0.6 is 0 Å². The van der Waals surface area contributed by atoms with Gasteiger partial charge in [0.15, 0.2) is 11.0 Å². The second-order valence-corrected chi connectivity index (χ2v) is 7.78. The van der Waals surface area contributed by atoms with Gasteiger partial charge in [0, 0.05) is 6.42 Å². The van der Waals surface area contributed by atoms with E-state index in [4.69, 9.17) is 0 Å². The zero-order valence-corrected chi connectivity index (χ0v) is 16.5. The number of aliphatic hydroxyl groups is 1. The van der Waals surface area contributed by atoms with Gasteiger partial charge in [-0.25, -0.2) is 9.13 Å². The number of fused-ring (bicyclic) bond motifs is 1. The summed E-state index contributed by atoms with van der Waals surface area (Å²) in [6, 6.07) is 8.84. The topological polar surface area (TPSA) is 29.0 Å². The molecule has 0 aliphatic heterocycles. The summed E-state index contributed by atoms with van der Waals surface area (Å²) in [7, 11) is 0. The van der Waals surface area contributed by atoms with Gasteiger partial charge in [-0.2, -0.15) is 0 Å². The fraction of sp³-hybridized carbons (Fsp3) is 0.435. The van der Waals surface area contributed by atoms with E-state index < -0.39 is 0 Å². The monoisotopic (exact) mass is 351 g/mol. The number of aromatic nitrogens is 2. The van der Waals surface area contributed by atoms with Crippen LogP contribution in [0.1, 0.15) is 52.4 Å². The fourth-order valence-corrected chi connectivity index (χ4v) is 4.44. The lowest BCUT2D eigenvalue weighted by Crippen LogP contribution is -2.37. The van der Waals surface area contributed by atoms with Crippen LogP contribution in [0.4, 0.5) is 0 Å². The van der Waals surface area contributed by atoms with E-state index in [9.17, 15) is 5.11 Å². The number of aryl methyl sites for hydroxylation is 1. The molecule has 0 radical (unpaired) electrons. The molecule has 1 heterocycles. The van der Waals surface area contributed by atoms with E-state index >= 15 is 0 Å². The van der Waals surface area contributed by atoms with Gasteiger partial charge in [0.25, 0.3) is 5.82 Å². The molecule has 1 aliphatic rings. The third-order valence-corrected chi connectivity index (χ3v) is 5.84. The van der Waals surface area contributed by atoms with E-state index in [-0.39, 0.29) is 5.76 Å². The summed E-state index contributed by atoms with van der Waals surface area (Å²) in [6.45, 7) is 17.7. The molecule has 3 rings (SSSR count). The molecule has 2 atom stereocenters. The van der Waals surface area contributed by atoms with Gasteiger partial charge in [-0.3, -0.25) is 0 Å². The maximum absolute atomic E-state index is 10.1. The van der Waals surface area contributed by atoms with Gasteiger partial charge in [-0.15, -0.1) is 0 Å². The highest BCUT2D eigenvalue weighted by atomic mass is 16.3. The van der Waals surface area contributed by atoms with Crippen molar-refractivity contribution in [2.24, 2.45) is 11.8 Å². The molecule has 0 bridgehead atoms. The van der Waals surface area contributed by atoms with E-state index in [0.717, 1.165) is 25.2 Å². The van der Waals surface area contributed by atoms with E-state index in [0.29, 0.717) is 23.5 Å². The normalized spacial score (nSPS) is 20.4. The van der Waals surface area contributed by atoms with Crippen LogP contribution in [0.25, 0.3) is 16.6 Å². The number of nitrogens with zero attached hydrogens (tertiary/aromatic N) is 2. The fourth-order valence-electron chi connectivity index (χ4n) is 4.44. The zero-order chi connectivity index (χ0) is 19.0. The van der Waals surface area contributed by atoms with Gasteiger partial charge in [0.1, 0.15) is 11.8 Å². The van der Waals surface area contributed by atoms with Crippen molar-refractivity contribution in [2.75, 3.05) is 0 Å². The molecule has 0 fully saturated rings. The zero-order valence-electron chi connectivity index (χ0n) is 16.5. The summed E-state index contributed by atoms with van der Waals surface area (Å²) < 4.78 is 4.63. The molecule has 2 aromatic rings. The quantitative estimate of drug-likeness (QED) is 0.324. The molecule has 0 saturated carbocycles. The maximum Gasteiger partial charge on any atom is 0.293 e. The Balaban J connectivity index is 2.23. The third kappa shape index (κ3) is 3.00. The number of para-hydroxylation sites is 2. The first-order valence-corrected chi connectivity index (χ1v) is 9.63. The second-order valence-electron chi connectivity index (χ2n) is 7.78. The third-order valence-electron chi connectivity index (χ3n) is 5.84. The van der Waals surface area contributed by atoms with E-state index in [1.165, 1.54) is 16.6 Å². The van der Waals surface area contributed by atoms with Gasteiger partial charge >= 0.3 is 0 Å². The Hall–Kier alpha value is -2.29. The van der Waals surface area contributed by atoms with Crippen LogP contribution in [0, 0.1) is 11.8 Å². The molecule has 1 unspecified atom stereocenters. The largest absolute Gasteiger partial charge is 0.508 e. The molecule has 26 heavy (non-hydrogen) atoms. The smallest absolute Gasteiger partial charge is 0.293 e. The van der Waals surface area contributed by atoms with Crippen LogP contribution in [0.15, 0.2) is 54.8 Å². The van der Waals surface area contributed by atoms with Crippen LogP contribution in [-0.2, 0) is 6.54 Å². The summed E-state index contributed by atoms with van der Waals surface area (Å²) in [6.07, 6.45) is 4.51. The molecule has 0 saturated heterocycles. The van der Waals surface area contributed by atoms with Crippen molar-refractivity contribution in [3.63, 3.8) is 0 Å². The summed E-state index contributed by atoms with van der Waals surface area (Å²) in [5, 5.41) is 10.1. The standard InChI is InChI=1S/C23H30N2O/c1-7-24-21-10-8-9-11-22(21)25(23(24)17(5)18(6)26)19-13-12-16(4)20(14-19)15(2)3/h8-12,15,19-20H,5-7,13-14H2,1-4H3/p+1/t19?,20-/m1/s1. The molecule has 3 nitrogen and oxygen atoms in total. The maximum atomic E-state index is 10.1. The average molecular weight is 352 g/mol. The van der Waals surface area contributed by atoms with Crippen LogP contribution in [0.2, 0.25) is 0 Å². The molecule has 0 amide bonds. The lowest BCUT2D eigenvalue weighted by molar-refractivity contribution is -0.671. The van der Waals surface area contributed by atoms with Crippen molar-refractivity contribution >= 4 is 16.6 Å². The summed E-state index contributed by atoms with van der Waals surface area (Å²) in [5.41, 5.74) is 4.49. The van der Waals surface area contributed by atoms with Gasteiger partial charge in [-0.05, 0) is 44.2 Å². The molecule has 1 aliphatic carbocycles. The van der Waals surface area contributed by atoms with Gasteiger partial charge in [-0.1, -0.05) is 50.8 Å². The van der Waals surface area contributed by atoms with Gasteiger partial charge < -0.3 is 5.11 Å². The highest BCUT2D eigenvalue weighted by Crippen LogP contribution is 2.39. The highest BCUT2D eigenvalue weighted by molar-refractivity contribution is 5.78. The molecule has 1 aromatic carbocycles. The summed E-state index contributed by atoms with van der Waals surface area (Å²) in [5.74, 6) is 2.22. The second kappa shape index (κ2) is 7.14. The first kappa shape index (κ1) is 18.5. The Kier molecular flexibility index (Phi) is 5.08. The van der Waals surface area contributed by atoms with E-state index in [2.05, 4.69) is 80.3 Å². The minimum atomic E-state index is 0.0409. The number of aliphatic hydroxyl groups excluding tert-OH is 1. The first-order valence-electron chi connectivity index (χ1n) is 9.63. The number of rotatable bonds is 5. The Morgan fingerprint density at radius 2 is 2.00 bits per heavy atom. The van der Waals surface area contributed by atoms with Crippen LogP contribution in [-0.4, -0.2) is 9.67 Å². The number of benzene rings is 1. The Morgan fingerprint density at radius 1 is 1.31 bits per heavy atom. The Labute approximate surface area is 157 Å². The summed E-state index contributed by atoms with van der Waals surface area (Å²) >= 11 is 0. The SMILES string of the molecule is C=C(O)C(=C)c1n(C2CC=C(C)[C@@H](C(C)C)C2)c2ccccc2[n+]1CC. The minimum Gasteiger partial charge on any atom is -0.508 e. The summed E-state index contributed by atoms with van der Waals surface area (Å²) in [4.78, 5) is 0. The lowest BCUT2D eigenvalue weighted by atomic mass is 9.78. The molecule has 3 heteroatoms. The molecular formula is C23H31N2O+. The molecular weight excluding hydrogens is 320 g/mol. The van der Waals surface area contributed by atoms with E-state index in [1.807, 2.05) is 0 Å². The minimum absolute atomic E-state index is 0.0409. The molecule has 1 N–H and O–H groups in total. The van der Waals surface area contributed by atoms with Crippen LogP contribution in [0.5, 0.6) is 0 Å². The van der Waals surface area contributed by atoms with Crippen LogP contribution in [0.3, 0.4) is 0 Å². The van der Waals surface area contributed by atoms with Crippen molar-refractivity contribution in [2.45, 2.75) is 53.1 Å². The van der Waals surface area contributed by atoms with Crippen LogP contribution < -0.4 is 4.57 Å². The predicted molar refractivity (Wildman–Crippen MR) is 109 cm³/mol. The Bertz CT molecular complexity index is 885. The van der Waals surface area contributed by atoms with Gasteiger partial charge in [0.2, 0.25) is 0 Å². The molecule has 138 valence electrons. The number of imidazole rings is 1. The van der Waals surface area contributed by atoms with Crippen molar-refractivity contribution in [1.29, 1.82) is 0 Å². The first-order chi connectivity index (χ1) is 12.4. The predicted octanol–water partition coefficient (Wildman–Crippen LogP) is 5.59. The number of hydrogen-bond donors (Lipinski definition) is 1. The highest BCUT2D eigenvalue weighted by Gasteiger charge is 2.35.